The molecule has 0 saturated carbocycles. The van der Waals surface area contributed by atoms with Gasteiger partial charge >= 0.3 is 0 Å². The van der Waals surface area contributed by atoms with Crippen molar-refractivity contribution < 1.29 is 5.11 Å². The molecule has 12 heavy (non-hydrogen) atoms. The van der Waals surface area contributed by atoms with Crippen LogP contribution in [0.3, 0.4) is 0 Å². The molecule has 1 atom stereocenters. The van der Waals surface area contributed by atoms with Gasteiger partial charge in [0, 0.05) is 0 Å². The fourth-order valence-corrected chi connectivity index (χ4v) is 1.09. The van der Waals surface area contributed by atoms with E-state index in [1.54, 1.807) is 0 Å². The first-order valence-corrected chi connectivity index (χ1v) is 4.03. The largest absolute Gasteiger partial charge is 0.394 e. The summed E-state index contributed by atoms with van der Waals surface area (Å²) in [6.45, 7) is -0.218. The van der Waals surface area contributed by atoms with Crippen molar-refractivity contribution in [3.05, 3.63) is 5.82 Å². The Morgan fingerprint density at radius 3 is 2.17 bits per heavy atom. The zero-order valence-corrected chi connectivity index (χ0v) is 7.83. The minimum Gasteiger partial charge on any atom is -0.394 e. The minimum absolute atomic E-state index is 0.218. The number of hydrogen-bond acceptors (Lipinski definition) is 7. The molecular weight excluding hydrogens is 196 g/mol. The number of thiol groups is 2. The van der Waals surface area contributed by atoms with Crippen LogP contribution in [0.4, 0.5) is 0 Å². The van der Waals surface area contributed by atoms with Gasteiger partial charge in [0.25, 0.3) is 0 Å². The van der Waals surface area contributed by atoms with Crippen LogP contribution in [0, 0.1) is 0 Å². The fraction of sp³-hybridized carbons (Fsp3) is 0.400. The maximum absolute atomic E-state index is 8.69. The summed E-state index contributed by atoms with van der Waals surface area (Å²) in [5.74, 6) is 0.294. The number of aliphatic hydroxyl groups excluding tert-OH is 1. The van der Waals surface area contributed by atoms with E-state index in [1.807, 2.05) is 0 Å². The molecule has 0 amide bonds. The summed E-state index contributed by atoms with van der Waals surface area (Å²) in [6.07, 6.45) is 0. The molecule has 0 aliphatic rings. The third kappa shape index (κ3) is 2.31. The second-order valence-electron chi connectivity index (χ2n) is 2.08. The van der Waals surface area contributed by atoms with Crippen LogP contribution >= 0.6 is 25.3 Å². The molecule has 3 N–H and O–H groups in total. The van der Waals surface area contributed by atoms with Crippen molar-refractivity contribution in [2.45, 2.75) is 16.4 Å². The summed E-state index contributed by atoms with van der Waals surface area (Å²) in [5, 5.41) is 9.18. The van der Waals surface area contributed by atoms with E-state index in [4.69, 9.17) is 10.8 Å². The van der Waals surface area contributed by atoms with E-state index < -0.39 is 6.04 Å². The van der Waals surface area contributed by atoms with Crippen LogP contribution < -0.4 is 5.73 Å². The zero-order chi connectivity index (χ0) is 9.14. The Morgan fingerprint density at radius 1 is 1.25 bits per heavy atom. The number of hydrogen-bond donors (Lipinski definition) is 4. The smallest absolute Gasteiger partial charge is 0.188 e. The highest BCUT2D eigenvalue weighted by molar-refractivity contribution is 7.80. The second kappa shape index (κ2) is 4.04. The van der Waals surface area contributed by atoms with Gasteiger partial charge in [-0.15, -0.1) is 25.3 Å². The van der Waals surface area contributed by atoms with Crippen molar-refractivity contribution in [2.75, 3.05) is 6.61 Å². The van der Waals surface area contributed by atoms with Crippen LogP contribution in [0.15, 0.2) is 10.3 Å². The SMILES string of the molecule is NC(CO)c1nc(S)nc(S)n1. The zero-order valence-electron chi connectivity index (χ0n) is 6.05. The van der Waals surface area contributed by atoms with Crippen LogP contribution in [0.2, 0.25) is 0 Å². The predicted molar refractivity (Wildman–Crippen MR) is 48.3 cm³/mol. The summed E-state index contributed by atoms with van der Waals surface area (Å²) in [5.41, 5.74) is 5.46. The third-order valence-corrected chi connectivity index (χ3v) is 1.56. The molecular formula is C5H8N4OS2. The minimum atomic E-state index is -0.607. The monoisotopic (exact) mass is 204 g/mol. The Bertz CT molecular complexity index is 262. The molecule has 1 heterocycles. The Labute approximate surface area is 80.3 Å². The Kier molecular flexibility index (Phi) is 3.27. The van der Waals surface area contributed by atoms with Crippen molar-refractivity contribution in [3.63, 3.8) is 0 Å². The highest BCUT2D eigenvalue weighted by atomic mass is 32.1. The normalized spacial score (nSPS) is 13.0. The van der Waals surface area contributed by atoms with E-state index >= 15 is 0 Å². The molecule has 0 radical (unpaired) electrons. The molecule has 1 aromatic rings. The molecule has 0 bridgehead atoms. The average Bonchev–Trinajstić information content (AvgIpc) is 2.01. The van der Waals surface area contributed by atoms with E-state index in [0.717, 1.165) is 0 Å². The average molecular weight is 204 g/mol. The quantitative estimate of drug-likeness (QED) is 0.485. The predicted octanol–water partition coefficient (Wildman–Crippen LogP) is -0.559. The van der Waals surface area contributed by atoms with E-state index in [0.29, 0.717) is 5.82 Å². The summed E-state index contributed by atoms with van der Waals surface area (Å²) in [4.78, 5) is 11.3. The van der Waals surface area contributed by atoms with Gasteiger partial charge in [-0.3, -0.25) is 0 Å². The summed E-state index contributed by atoms with van der Waals surface area (Å²) >= 11 is 7.82. The van der Waals surface area contributed by atoms with Crippen molar-refractivity contribution in [2.24, 2.45) is 5.73 Å². The molecule has 1 rings (SSSR count). The van der Waals surface area contributed by atoms with Crippen molar-refractivity contribution in [1.82, 2.24) is 15.0 Å². The first-order valence-electron chi connectivity index (χ1n) is 3.14. The Balaban J connectivity index is 3.00. The first kappa shape index (κ1) is 9.72. The molecule has 0 fully saturated rings. The molecule has 0 aliphatic heterocycles. The molecule has 5 nitrogen and oxygen atoms in total. The maximum Gasteiger partial charge on any atom is 0.188 e. The van der Waals surface area contributed by atoms with Crippen molar-refractivity contribution in [3.8, 4) is 0 Å². The lowest BCUT2D eigenvalue weighted by atomic mass is 10.3. The Hall–Kier alpha value is -0.370. The third-order valence-electron chi connectivity index (χ3n) is 1.16. The van der Waals surface area contributed by atoms with Gasteiger partial charge in [-0.05, 0) is 0 Å². The lowest BCUT2D eigenvalue weighted by Crippen LogP contribution is -2.18. The molecule has 0 spiro atoms. The van der Waals surface area contributed by atoms with Gasteiger partial charge in [0.15, 0.2) is 16.1 Å². The number of rotatable bonds is 2. The van der Waals surface area contributed by atoms with Crippen molar-refractivity contribution >= 4 is 25.3 Å². The fourth-order valence-electron chi connectivity index (χ4n) is 0.617. The van der Waals surface area contributed by atoms with Crippen LogP contribution in [0.1, 0.15) is 11.9 Å². The summed E-state index contributed by atoms with van der Waals surface area (Å²) in [6, 6.07) is -0.607. The van der Waals surface area contributed by atoms with Gasteiger partial charge in [-0.2, -0.15) is 4.98 Å². The van der Waals surface area contributed by atoms with Crippen molar-refractivity contribution in [1.29, 1.82) is 0 Å². The molecule has 0 aromatic carbocycles. The summed E-state index contributed by atoms with van der Waals surface area (Å²) < 4.78 is 0. The number of nitrogens with zero attached hydrogens (tertiary/aromatic N) is 3. The number of aliphatic hydroxyl groups is 1. The highest BCUT2D eigenvalue weighted by Gasteiger charge is 2.09. The first-order chi connectivity index (χ1) is 5.63. The van der Waals surface area contributed by atoms with Gasteiger partial charge in [0.05, 0.1) is 12.6 Å². The molecule has 66 valence electrons. The van der Waals surface area contributed by atoms with Gasteiger partial charge in [0.1, 0.15) is 0 Å². The molecule has 7 heteroatoms. The molecule has 0 aliphatic carbocycles. The lowest BCUT2D eigenvalue weighted by molar-refractivity contribution is 0.262. The number of nitrogens with two attached hydrogens (primary N) is 1. The maximum atomic E-state index is 8.69. The molecule has 1 unspecified atom stereocenters. The van der Waals surface area contributed by atoms with E-state index in [1.165, 1.54) is 0 Å². The van der Waals surface area contributed by atoms with E-state index in [9.17, 15) is 0 Å². The number of aromatic nitrogens is 3. The van der Waals surface area contributed by atoms with Crippen LogP contribution in [-0.4, -0.2) is 26.7 Å². The summed E-state index contributed by atoms with van der Waals surface area (Å²) in [7, 11) is 0. The van der Waals surface area contributed by atoms with Gasteiger partial charge in [-0.25, -0.2) is 9.97 Å². The van der Waals surface area contributed by atoms with E-state index in [2.05, 4.69) is 40.2 Å². The topological polar surface area (TPSA) is 84.9 Å². The molecule has 1 aromatic heterocycles. The van der Waals surface area contributed by atoms with Crippen LogP contribution in [-0.2, 0) is 0 Å². The van der Waals surface area contributed by atoms with Crippen LogP contribution in [0.5, 0.6) is 0 Å². The molecule has 0 saturated heterocycles. The van der Waals surface area contributed by atoms with Crippen LogP contribution in [0.25, 0.3) is 0 Å². The van der Waals surface area contributed by atoms with E-state index in [-0.39, 0.29) is 16.9 Å². The lowest BCUT2D eigenvalue weighted by Gasteiger charge is -2.06. The van der Waals surface area contributed by atoms with Gasteiger partial charge in [-0.1, -0.05) is 0 Å². The van der Waals surface area contributed by atoms with Gasteiger partial charge in [0.2, 0.25) is 0 Å². The highest BCUT2D eigenvalue weighted by Crippen LogP contribution is 2.08. The van der Waals surface area contributed by atoms with Gasteiger partial charge < -0.3 is 10.8 Å². The Morgan fingerprint density at radius 2 is 1.75 bits per heavy atom. The second-order valence-corrected chi connectivity index (χ2v) is 2.88. The standard InChI is InChI=1S/C5H8N4OS2/c6-2(1-10)3-7-4(11)9-5(12)8-3/h2,10H,1,6H2,(H2,7,8,9,11,12).